The van der Waals surface area contributed by atoms with Gasteiger partial charge in [-0.1, -0.05) is 59.6 Å². The van der Waals surface area contributed by atoms with Crippen molar-refractivity contribution in [3.05, 3.63) is 64.1 Å². The van der Waals surface area contributed by atoms with Crippen LogP contribution in [0.5, 0.6) is 5.75 Å². The Bertz CT molecular complexity index is 744. The first-order valence-electron chi connectivity index (χ1n) is 8.13. The lowest BCUT2D eigenvalue weighted by atomic mass is 9.96. The van der Waals surface area contributed by atoms with Crippen molar-refractivity contribution in [1.82, 2.24) is 5.01 Å². The molecule has 2 aromatic carbocycles. The Balaban J connectivity index is 1.74. The van der Waals surface area contributed by atoms with Crippen LogP contribution in [0.2, 0.25) is 0 Å². The van der Waals surface area contributed by atoms with Gasteiger partial charge in [-0.2, -0.15) is 5.10 Å². The molecule has 2 aliphatic heterocycles. The summed E-state index contributed by atoms with van der Waals surface area (Å²) in [6.45, 7) is 2.19. The van der Waals surface area contributed by atoms with Gasteiger partial charge in [-0.25, -0.2) is 0 Å². The molecule has 23 heavy (non-hydrogen) atoms. The molecule has 0 bridgehead atoms. The molecule has 0 saturated carbocycles. The summed E-state index contributed by atoms with van der Waals surface area (Å²) in [4.78, 5) is 0. The minimum atomic E-state index is 0.0277. The molecule has 4 heteroatoms. The summed E-state index contributed by atoms with van der Waals surface area (Å²) in [5.74, 6) is 0.998. The first kappa shape index (κ1) is 14.8. The van der Waals surface area contributed by atoms with E-state index in [-0.39, 0.29) is 12.3 Å². The second-order valence-corrected chi connectivity index (χ2v) is 6.97. The number of fused-ring (bicyclic) bond motifs is 3. The molecule has 0 N–H and O–H groups in total. The zero-order valence-corrected chi connectivity index (χ0v) is 14.7. The van der Waals surface area contributed by atoms with Crippen LogP contribution < -0.4 is 4.74 Å². The van der Waals surface area contributed by atoms with Crippen molar-refractivity contribution in [1.29, 1.82) is 0 Å². The van der Waals surface area contributed by atoms with Gasteiger partial charge in [0.1, 0.15) is 5.75 Å². The third kappa shape index (κ3) is 2.65. The number of halogens is 1. The van der Waals surface area contributed by atoms with Crippen LogP contribution in [0.4, 0.5) is 0 Å². The van der Waals surface area contributed by atoms with Crippen LogP contribution in [0.25, 0.3) is 0 Å². The van der Waals surface area contributed by atoms with E-state index in [0.717, 1.165) is 35.2 Å². The average Bonchev–Trinajstić information content (AvgIpc) is 3.02. The van der Waals surface area contributed by atoms with Crippen LogP contribution in [0, 0.1) is 0 Å². The molecule has 2 atom stereocenters. The number of hydrogen-bond donors (Lipinski definition) is 0. The van der Waals surface area contributed by atoms with E-state index in [4.69, 9.17) is 9.84 Å². The topological polar surface area (TPSA) is 24.8 Å². The van der Waals surface area contributed by atoms with E-state index >= 15 is 0 Å². The first-order chi connectivity index (χ1) is 11.3. The van der Waals surface area contributed by atoms with Crippen molar-refractivity contribution in [3.63, 3.8) is 0 Å². The van der Waals surface area contributed by atoms with Gasteiger partial charge in [-0.15, -0.1) is 0 Å². The normalized spacial score (nSPS) is 22.2. The van der Waals surface area contributed by atoms with Crippen molar-refractivity contribution in [3.8, 4) is 5.75 Å². The SMILES string of the molecule is CCC[C@@H]1Oc2ccc(Br)cc2[C@@H]2CC(c3ccccc3)=NN12. The Hall–Kier alpha value is -1.81. The minimum absolute atomic E-state index is 0.0277. The molecule has 0 spiro atoms. The average molecular weight is 371 g/mol. The van der Waals surface area contributed by atoms with Crippen LogP contribution in [0.3, 0.4) is 0 Å². The van der Waals surface area contributed by atoms with Gasteiger partial charge in [0.15, 0.2) is 6.23 Å². The summed E-state index contributed by atoms with van der Waals surface area (Å²) in [5.41, 5.74) is 3.57. The maximum Gasteiger partial charge on any atom is 0.187 e. The molecule has 2 aliphatic rings. The summed E-state index contributed by atoms with van der Waals surface area (Å²) < 4.78 is 7.31. The van der Waals surface area contributed by atoms with Crippen molar-refractivity contribution < 1.29 is 4.74 Å². The van der Waals surface area contributed by atoms with Gasteiger partial charge in [0, 0.05) is 22.9 Å². The Morgan fingerprint density at radius 3 is 2.83 bits per heavy atom. The first-order valence-corrected chi connectivity index (χ1v) is 8.93. The van der Waals surface area contributed by atoms with E-state index in [1.165, 1.54) is 11.1 Å². The summed E-state index contributed by atoms with van der Waals surface area (Å²) in [6, 6.07) is 17.0. The van der Waals surface area contributed by atoms with Gasteiger partial charge in [0.05, 0.1) is 11.8 Å². The van der Waals surface area contributed by atoms with Crippen molar-refractivity contribution in [2.45, 2.75) is 38.5 Å². The van der Waals surface area contributed by atoms with Gasteiger partial charge in [0.2, 0.25) is 0 Å². The molecule has 2 heterocycles. The summed E-state index contributed by atoms with van der Waals surface area (Å²) >= 11 is 3.58. The second kappa shape index (κ2) is 6.00. The highest BCUT2D eigenvalue weighted by Gasteiger charge is 2.39. The zero-order chi connectivity index (χ0) is 15.8. The number of hydrazone groups is 1. The Morgan fingerprint density at radius 2 is 2.04 bits per heavy atom. The molecule has 4 rings (SSSR count). The van der Waals surface area contributed by atoms with E-state index in [2.05, 4.69) is 64.3 Å². The second-order valence-electron chi connectivity index (χ2n) is 6.06. The quantitative estimate of drug-likeness (QED) is 0.748. The number of nitrogens with zero attached hydrogens (tertiary/aromatic N) is 2. The fraction of sp³-hybridized carbons (Fsp3) is 0.316. The van der Waals surface area contributed by atoms with Crippen molar-refractivity contribution in [2.75, 3.05) is 0 Å². The molecule has 3 nitrogen and oxygen atoms in total. The van der Waals surface area contributed by atoms with Gasteiger partial charge >= 0.3 is 0 Å². The highest BCUT2D eigenvalue weighted by atomic mass is 79.9. The van der Waals surface area contributed by atoms with Crippen LogP contribution in [-0.4, -0.2) is 16.9 Å². The van der Waals surface area contributed by atoms with E-state index in [0.29, 0.717) is 0 Å². The molecule has 0 unspecified atom stereocenters. The summed E-state index contributed by atoms with van der Waals surface area (Å²) in [6.07, 6.45) is 3.02. The molecule has 0 saturated heterocycles. The molecule has 0 aliphatic carbocycles. The van der Waals surface area contributed by atoms with Crippen molar-refractivity contribution >= 4 is 21.6 Å². The number of benzene rings is 2. The molecule has 0 radical (unpaired) electrons. The maximum absolute atomic E-state index is 6.22. The Morgan fingerprint density at radius 1 is 1.22 bits per heavy atom. The zero-order valence-electron chi connectivity index (χ0n) is 13.1. The summed E-state index contributed by atoms with van der Waals surface area (Å²) in [7, 11) is 0. The molecular formula is C19H19BrN2O. The summed E-state index contributed by atoms with van der Waals surface area (Å²) in [5, 5.41) is 7.09. The lowest BCUT2D eigenvalue weighted by Gasteiger charge is -2.38. The van der Waals surface area contributed by atoms with E-state index in [9.17, 15) is 0 Å². The highest BCUT2D eigenvalue weighted by Crippen LogP contribution is 2.44. The molecular weight excluding hydrogens is 352 g/mol. The third-order valence-electron chi connectivity index (χ3n) is 4.47. The predicted octanol–water partition coefficient (Wildman–Crippen LogP) is 5.12. The molecule has 0 aromatic heterocycles. The Kier molecular flexibility index (Phi) is 3.85. The smallest absolute Gasteiger partial charge is 0.187 e. The molecule has 118 valence electrons. The number of hydrogen-bond acceptors (Lipinski definition) is 3. The van der Waals surface area contributed by atoms with E-state index < -0.39 is 0 Å². The number of ether oxygens (including phenoxy) is 1. The monoisotopic (exact) mass is 370 g/mol. The van der Waals surface area contributed by atoms with Gasteiger partial charge in [-0.3, -0.25) is 5.01 Å². The fourth-order valence-corrected chi connectivity index (χ4v) is 3.75. The predicted molar refractivity (Wildman–Crippen MR) is 95.6 cm³/mol. The van der Waals surface area contributed by atoms with Gasteiger partial charge in [0.25, 0.3) is 0 Å². The van der Waals surface area contributed by atoms with E-state index in [1.807, 2.05) is 12.1 Å². The van der Waals surface area contributed by atoms with Crippen LogP contribution >= 0.6 is 15.9 Å². The standard InChI is InChI=1S/C19H19BrN2O/c1-2-6-19-22-17(15-11-14(20)9-10-18(15)23-19)12-16(21-22)13-7-4-3-5-8-13/h3-5,7-11,17,19H,2,6,12H2,1H3/t17-,19-/m0/s1. The number of rotatable bonds is 3. The maximum atomic E-state index is 6.22. The largest absolute Gasteiger partial charge is 0.469 e. The minimum Gasteiger partial charge on any atom is -0.469 e. The van der Waals surface area contributed by atoms with Crippen molar-refractivity contribution in [2.24, 2.45) is 5.10 Å². The lowest BCUT2D eigenvalue weighted by Crippen LogP contribution is -2.40. The molecule has 0 amide bonds. The van der Waals surface area contributed by atoms with Gasteiger partial charge < -0.3 is 4.74 Å². The van der Waals surface area contributed by atoms with Crippen LogP contribution in [-0.2, 0) is 0 Å². The van der Waals surface area contributed by atoms with Crippen LogP contribution in [0.1, 0.15) is 43.4 Å². The lowest BCUT2D eigenvalue weighted by molar-refractivity contribution is -0.0223. The Labute approximate surface area is 145 Å². The fourth-order valence-electron chi connectivity index (χ4n) is 3.38. The highest BCUT2D eigenvalue weighted by molar-refractivity contribution is 9.10. The van der Waals surface area contributed by atoms with E-state index in [1.54, 1.807) is 0 Å². The van der Waals surface area contributed by atoms with Gasteiger partial charge in [-0.05, 0) is 23.8 Å². The molecule has 0 fully saturated rings. The van der Waals surface area contributed by atoms with Crippen LogP contribution in [0.15, 0.2) is 58.1 Å². The third-order valence-corrected chi connectivity index (χ3v) is 4.97. The molecule has 2 aromatic rings.